The van der Waals surface area contributed by atoms with Crippen LogP contribution in [0.15, 0.2) is 4.99 Å². The van der Waals surface area contributed by atoms with Gasteiger partial charge in [-0.25, -0.2) is 9.67 Å². The molecule has 1 fully saturated rings. The number of aliphatic imine (C=N–C) groups is 1. The Morgan fingerprint density at radius 3 is 2.92 bits per heavy atom. The van der Waals surface area contributed by atoms with Gasteiger partial charge in [0, 0.05) is 33.2 Å². The Balaban J connectivity index is 0.00000208. The average molecular weight is 450 g/mol. The lowest BCUT2D eigenvalue weighted by molar-refractivity contribution is -0.0279. The van der Waals surface area contributed by atoms with E-state index in [2.05, 4.69) is 25.7 Å². The van der Waals surface area contributed by atoms with Crippen molar-refractivity contribution >= 4 is 29.9 Å². The summed E-state index contributed by atoms with van der Waals surface area (Å²) in [6, 6.07) is 0.252. The molecule has 0 saturated heterocycles. The number of nitrogens with one attached hydrogen (secondary N) is 2. The van der Waals surface area contributed by atoms with Gasteiger partial charge in [-0.15, -0.1) is 24.0 Å². The fraction of sp³-hybridized carbons (Fsp3) is 0.800. The van der Waals surface area contributed by atoms with Crippen molar-refractivity contribution in [2.24, 2.45) is 4.99 Å². The quantitative estimate of drug-likeness (QED) is 0.342. The zero-order chi connectivity index (χ0) is 16.3. The second-order valence-corrected chi connectivity index (χ2v) is 6.44. The van der Waals surface area contributed by atoms with Crippen LogP contribution in [-0.4, -0.2) is 58.2 Å². The van der Waals surface area contributed by atoms with Gasteiger partial charge in [0.05, 0.1) is 12.1 Å². The lowest BCUT2D eigenvalue weighted by Crippen LogP contribution is -2.53. The molecule has 2 heterocycles. The third kappa shape index (κ3) is 4.57. The lowest BCUT2D eigenvalue weighted by atomic mass is 9.80. The van der Waals surface area contributed by atoms with E-state index in [0.29, 0.717) is 13.2 Å². The molecule has 1 aliphatic carbocycles. The van der Waals surface area contributed by atoms with Crippen LogP contribution in [0.2, 0.25) is 0 Å². The molecule has 136 valence electrons. The van der Waals surface area contributed by atoms with Crippen molar-refractivity contribution in [2.45, 2.75) is 56.9 Å². The fourth-order valence-electron chi connectivity index (χ4n) is 3.07. The third-order valence-corrected chi connectivity index (χ3v) is 4.61. The van der Waals surface area contributed by atoms with E-state index in [0.717, 1.165) is 56.3 Å². The Morgan fingerprint density at radius 2 is 2.29 bits per heavy atom. The highest BCUT2D eigenvalue weighted by molar-refractivity contribution is 14.0. The van der Waals surface area contributed by atoms with Gasteiger partial charge < -0.3 is 20.5 Å². The van der Waals surface area contributed by atoms with E-state index >= 15 is 0 Å². The van der Waals surface area contributed by atoms with Crippen molar-refractivity contribution in [2.75, 3.05) is 20.7 Å². The molecular weight excluding hydrogens is 423 g/mol. The van der Waals surface area contributed by atoms with Crippen LogP contribution in [0.4, 0.5) is 0 Å². The number of ether oxygens (including phenoxy) is 1. The number of guanidine groups is 1. The first-order valence-corrected chi connectivity index (χ1v) is 8.23. The minimum Gasteiger partial charge on any atom is -0.388 e. The lowest BCUT2D eigenvalue weighted by Gasteiger charge is -2.37. The molecular formula is C15H27IN6O2. The van der Waals surface area contributed by atoms with E-state index in [4.69, 9.17) is 4.74 Å². The van der Waals surface area contributed by atoms with Crippen molar-refractivity contribution in [3.63, 3.8) is 0 Å². The van der Waals surface area contributed by atoms with Gasteiger partial charge in [0.15, 0.2) is 11.8 Å². The number of aryl methyl sites for hydroxylation is 1. The van der Waals surface area contributed by atoms with E-state index < -0.39 is 5.60 Å². The van der Waals surface area contributed by atoms with Crippen LogP contribution < -0.4 is 10.6 Å². The summed E-state index contributed by atoms with van der Waals surface area (Å²) >= 11 is 0. The molecule has 1 unspecified atom stereocenters. The van der Waals surface area contributed by atoms with Crippen molar-refractivity contribution in [1.29, 1.82) is 0 Å². The molecule has 3 rings (SSSR count). The van der Waals surface area contributed by atoms with E-state index in [1.807, 2.05) is 4.68 Å². The van der Waals surface area contributed by atoms with E-state index in [-0.39, 0.29) is 30.0 Å². The summed E-state index contributed by atoms with van der Waals surface area (Å²) in [5, 5.41) is 21.3. The van der Waals surface area contributed by atoms with E-state index in [1.54, 1.807) is 14.2 Å². The molecule has 0 spiro atoms. The average Bonchev–Trinajstić information content (AvgIpc) is 2.91. The van der Waals surface area contributed by atoms with Crippen molar-refractivity contribution in [3.8, 4) is 0 Å². The van der Waals surface area contributed by atoms with Crippen LogP contribution in [0.25, 0.3) is 0 Å². The van der Waals surface area contributed by atoms with Gasteiger partial charge in [-0.3, -0.25) is 4.99 Å². The molecule has 0 bridgehead atoms. The number of aliphatic hydroxyl groups is 1. The number of methoxy groups -OCH3 is 1. The summed E-state index contributed by atoms with van der Waals surface area (Å²) in [5.74, 6) is 2.48. The summed E-state index contributed by atoms with van der Waals surface area (Å²) in [6.07, 6.45) is 4.70. The Hall–Kier alpha value is -0.940. The van der Waals surface area contributed by atoms with Crippen molar-refractivity contribution in [3.05, 3.63) is 11.6 Å². The van der Waals surface area contributed by atoms with Crippen LogP contribution >= 0.6 is 24.0 Å². The monoisotopic (exact) mass is 450 g/mol. The maximum absolute atomic E-state index is 10.2. The molecule has 8 nitrogen and oxygen atoms in total. The predicted octanol–water partition coefficient (Wildman–Crippen LogP) is 0.437. The zero-order valence-electron chi connectivity index (χ0n) is 14.3. The van der Waals surface area contributed by atoms with Gasteiger partial charge >= 0.3 is 0 Å². The maximum atomic E-state index is 10.2. The summed E-state index contributed by atoms with van der Waals surface area (Å²) < 4.78 is 7.03. The summed E-state index contributed by atoms with van der Waals surface area (Å²) in [6.45, 7) is 1.75. The first-order chi connectivity index (χ1) is 11.1. The smallest absolute Gasteiger partial charge is 0.191 e. The molecule has 1 aliphatic heterocycles. The van der Waals surface area contributed by atoms with Crippen LogP contribution in [0.1, 0.15) is 37.3 Å². The normalized spacial score (nSPS) is 22.1. The first kappa shape index (κ1) is 19.4. The van der Waals surface area contributed by atoms with Crippen LogP contribution in [-0.2, 0) is 24.3 Å². The molecule has 1 atom stereocenters. The number of nitrogens with zero attached hydrogens (tertiary/aromatic N) is 4. The van der Waals surface area contributed by atoms with Crippen LogP contribution in [0, 0.1) is 0 Å². The number of rotatable bonds is 5. The van der Waals surface area contributed by atoms with Crippen LogP contribution in [0.5, 0.6) is 0 Å². The number of fused-ring (bicyclic) bond motifs is 1. The number of aromatic nitrogens is 3. The van der Waals surface area contributed by atoms with Gasteiger partial charge in [0.2, 0.25) is 0 Å². The summed E-state index contributed by atoms with van der Waals surface area (Å²) in [4.78, 5) is 8.73. The highest BCUT2D eigenvalue weighted by Crippen LogP contribution is 2.30. The third-order valence-electron chi connectivity index (χ3n) is 4.61. The molecule has 2 aliphatic rings. The Kier molecular flexibility index (Phi) is 6.81. The zero-order valence-corrected chi connectivity index (χ0v) is 16.6. The first-order valence-electron chi connectivity index (χ1n) is 8.23. The molecule has 1 aromatic heterocycles. The molecule has 3 N–H and O–H groups in total. The van der Waals surface area contributed by atoms with Gasteiger partial charge in [0.1, 0.15) is 12.4 Å². The maximum Gasteiger partial charge on any atom is 0.191 e. The summed E-state index contributed by atoms with van der Waals surface area (Å²) in [5.41, 5.74) is -0.557. The Morgan fingerprint density at radius 1 is 1.50 bits per heavy atom. The standard InChI is InChI=1S/C15H26N6O2.HI/c1-16-14(17-10-15(22)6-3-7-15)18-11-4-5-13-19-12(9-23-2)20-21(13)8-11;/h11,22H,3-10H2,1-2H3,(H2,16,17,18);1H. The molecule has 0 radical (unpaired) electrons. The van der Waals surface area contributed by atoms with Crippen LogP contribution in [0.3, 0.4) is 0 Å². The minimum atomic E-state index is -0.557. The fourth-order valence-corrected chi connectivity index (χ4v) is 3.07. The SMILES string of the molecule is CN=C(NCC1(O)CCC1)NC1CCc2nc(COC)nn2C1.I. The minimum absolute atomic E-state index is 0. The van der Waals surface area contributed by atoms with Gasteiger partial charge in [-0.05, 0) is 25.7 Å². The Labute approximate surface area is 159 Å². The summed E-state index contributed by atoms with van der Waals surface area (Å²) in [7, 11) is 3.40. The van der Waals surface area contributed by atoms with Gasteiger partial charge in [-0.2, -0.15) is 5.10 Å². The molecule has 0 amide bonds. The van der Waals surface area contributed by atoms with Gasteiger partial charge in [-0.1, -0.05) is 0 Å². The second kappa shape index (κ2) is 8.43. The number of hydrogen-bond acceptors (Lipinski definition) is 5. The molecule has 1 aromatic rings. The Bertz CT molecular complexity index is 572. The largest absolute Gasteiger partial charge is 0.388 e. The van der Waals surface area contributed by atoms with E-state index in [1.165, 1.54) is 0 Å². The highest BCUT2D eigenvalue weighted by Gasteiger charge is 2.34. The number of hydrogen-bond donors (Lipinski definition) is 3. The molecule has 9 heteroatoms. The molecule has 1 saturated carbocycles. The highest BCUT2D eigenvalue weighted by atomic mass is 127. The molecule has 24 heavy (non-hydrogen) atoms. The predicted molar refractivity (Wildman–Crippen MR) is 102 cm³/mol. The van der Waals surface area contributed by atoms with E-state index in [9.17, 15) is 5.11 Å². The second-order valence-electron chi connectivity index (χ2n) is 6.44. The van der Waals surface area contributed by atoms with Crippen molar-refractivity contribution in [1.82, 2.24) is 25.4 Å². The topological polar surface area (TPSA) is 96.6 Å². The van der Waals surface area contributed by atoms with Crippen molar-refractivity contribution < 1.29 is 9.84 Å². The number of halogens is 1. The van der Waals surface area contributed by atoms with Gasteiger partial charge in [0.25, 0.3) is 0 Å². The molecule has 0 aromatic carbocycles.